The quantitative estimate of drug-likeness (QED) is 0.567. The van der Waals surface area contributed by atoms with Crippen LogP contribution in [0.2, 0.25) is 0 Å². The lowest BCUT2D eigenvalue weighted by molar-refractivity contribution is -0.217. The minimum absolute atomic E-state index is 0.0752. The minimum Gasteiger partial charge on any atom is -0.481 e. The largest absolute Gasteiger partial charge is 0.481 e. The zero-order valence-corrected chi connectivity index (χ0v) is 19.6. The Morgan fingerprint density at radius 2 is 1.77 bits per heavy atom. The molecule has 4 nitrogen and oxygen atoms in total. The van der Waals surface area contributed by atoms with Gasteiger partial charge in [0.05, 0.1) is 12.2 Å². The Labute approximate surface area is 182 Å². The Morgan fingerprint density at radius 3 is 2.43 bits per heavy atom. The number of aliphatic hydroxyl groups is 2. The Morgan fingerprint density at radius 1 is 1.03 bits per heavy atom. The van der Waals surface area contributed by atoms with Gasteiger partial charge in [-0.15, -0.1) is 0 Å². The van der Waals surface area contributed by atoms with E-state index in [0.29, 0.717) is 29.6 Å². The first-order valence-corrected chi connectivity index (χ1v) is 12.7. The number of carbonyl (C=O) groups is 1. The van der Waals surface area contributed by atoms with E-state index in [1.165, 1.54) is 25.7 Å². The summed E-state index contributed by atoms with van der Waals surface area (Å²) in [4.78, 5) is 11.1. The zero-order valence-electron chi connectivity index (χ0n) is 19.6. The molecule has 0 bridgehead atoms. The number of fused-ring (bicyclic) bond motifs is 5. The van der Waals surface area contributed by atoms with Gasteiger partial charge in [-0.05, 0) is 110 Å². The second-order valence-electron chi connectivity index (χ2n) is 12.1. The number of aliphatic carboxylic acids is 1. The molecule has 3 N–H and O–H groups in total. The van der Waals surface area contributed by atoms with Gasteiger partial charge in [0.2, 0.25) is 0 Å². The van der Waals surface area contributed by atoms with Gasteiger partial charge in [-0.25, -0.2) is 0 Å². The first-order valence-electron chi connectivity index (χ1n) is 12.7. The van der Waals surface area contributed by atoms with E-state index in [4.69, 9.17) is 5.11 Å². The van der Waals surface area contributed by atoms with Crippen molar-refractivity contribution in [2.45, 2.75) is 111 Å². The molecule has 4 heteroatoms. The van der Waals surface area contributed by atoms with Crippen molar-refractivity contribution in [1.82, 2.24) is 0 Å². The minimum atomic E-state index is -0.684. The number of hydrogen-bond donors (Lipinski definition) is 3. The monoisotopic (exact) mass is 420 g/mol. The van der Waals surface area contributed by atoms with Crippen LogP contribution in [-0.2, 0) is 4.79 Å². The van der Waals surface area contributed by atoms with Crippen molar-refractivity contribution in [3.63, 3.8) is 0 Å². The van der Waals surface area contributed by atoms with Crippen molar-refractivity contribution < 1.29 is 20.1 Å². The summed E-state index contributed by atoms with van der Waals surface area (Å²) in [5.41, 5.74) is 0.530. The molecule has 4 saturated carbocycles. The molecule has 172 valence electrons. The third-order valence-electron chi connectivity index (χ3n) is 11.3. The molecule has 4 aliphatic rings. The zero-order chi connectivity index (χ0) is 21.9. The number of carboxylic acids is 1. The molecular weight excluding hydrogens is 376 g/mol. The van der Waals surface area contributed by atoms with Crippen molar-refractivity contribution in [3.8, 4) is 0 Å². The lowest BCUT2D eigenvalue weighted by atomic mass is 9.38. The summed E-state index contributed by atoms with van der Waals surface area (Å²) in [6, 6.07) is 0. The molecule has 4 fully saturated rings. The van der Waals surface area contributed by atoms with E-state index < -0.39 is 5.97 Å². The molecule has 0 unspecified atom stereocenters. The number of rotatable bonds is 5. The highest BCUT2D eigenvalue weighted by molar-refractivity contribution is 5.66. The van der Waals surface area contributed by atoms with Gasteiger partial charge in [0.15, 0.2) is 0 Å². The van der Waals surface area contributed by atoms with Gasteiger partial charge in [-0.1, -0.05) is 27.7 Å². The second kappa shape index (κ2) is 7.76. The molecule has 0 amide bonds. The van der Waals surface area contributed by atoms with Crippen LogP contribution < -0.4 is 0 Å². The van der Waals surface area contributed by atoms with Crippen molar-refractivity contribution in [3.05, 3.63) is 0 Å². The van der Waals surface area contributed by atoms with E-state index in [1.54, 1.807) is 0 Å². The fraction of sp³-hybridized carbons (Fsp3) is 0.962. The van der Waals surface area contributed by atoms with Gasteiger partial charge in [0.1, 0.15) is 0 Å². The predicted molar refractivity (Wildman–Crippen MR) is 118 cm³/mol. The highest BCUT2D eigenvalue weighted by Gasteiger charge is 2.66. The van der Waals surface area contributed by atoms with Crippen molar-refractivity contribution in [1.29, 1.82) is 0 Å². The van der Waals surface area contributed by atoms with E-state index in [9.17, 15) is 15.0 Å². The molecule has 4 aliphatic carbocycles. The molecule has 10 atom stereocenters. The van der Waals surface area contributed by atoms with E-state index in [2.05, 4.69) is 27.7 Å². The lowest BCUT2D eigenvalue weighted by Gasteiger charge is -2.67. The third kappa shape index (κ3) is 3.18. The fourth-order valence-electron chi connectivity index (χ4n) is 9.64. The maximum Gasteiger partial charge on any atom is 0.303 e. The van der Waals surface area contributed by atoms with Crippen molar-refractivity contribution in [2.75, 3.05) is 0 Å². The SMILES string of the molecule is CC[C@]12C[C@H](O)CC[C@]1(C)[C@H]1CC[C@]3(C)[C@@H]([C@H](C)CCC(=O)O)CC[C@H]3[C@@H]1[C@H](O)C2. The van der Waals surface area contributed by atoms with E-state index >= 15 is 0 Å². The molecule has 0 aromatic heterocycles. The Bertz CT molecular complexity index is 663. The van der Waals surface area contributed by atoms with Crippen LogP contribution in [0.3, 0.4) is 0 Å². The molecule has 0 aromatic rings. The summed E-state index contributed by atoms with van der Waals surface area (Å²) in [6.45, 7) is 9.49. The summed E-state index contributed by atoms with van der Waals surface area (Å²) in [7, 11) is 0. The van der Waals surface area contributed by atoms with Gasteiger partial charge >= 0.3 is 5.97 Å². The normalized spacial score (nSPS) is 51.5. The molecule has 0 radical (unpaired) electrons. The van der Waals surface area contributed by atoms with E-state index in [1.807, 2.05) is 0 Å². The van der Waals surface area contributed by atoms with Crippen LogP contribution in [0.4, 0.5) is 0 Å². The molecule has 0 aromatic carbocycles. The van der Waals surface area contributed by atoms with Gasteiger partial charge < -0.3 is 15.3 Å². The third-order valence-corrected chi connectivity index (χ3v) is 11.3. The lowest BCUT2D eigenvalue weighted by Crippen LogP contribution is -2.63. The van der Waals surface area contributed by atoms with Crippen LogP contribution in [-0.4, -0.2) is 33.5 Å². The first-order chi connectivity index (χ1) is 14.1. The molecule has 0 spiro atoms. The summed E-state index contributed by atoms with van der Waals surface area (Å²) < 4.78 is 0. The van der Waals surface area contributed by atoms with Gasteiger partial charge in [-0.2, -0.15) is 0 Å². The predicted octanol–water partition coefficient (Wildman–Crippen LogP) is 5.26. The molecular formula is C26H44O4. The Balaban J connectivity index is 1.61. The second-order valence-corrected chi connectivity index (χ2v) is 12.1. The number of aliphatic hydroxyl groups excluding tert-OH is 2. The average molecular weight is 421 g/mol. The maximum atomic E-state index is 11.5. The molecule has 30 heavy (non-hydrogen) atoms. The molecule has 0 saturated heterocycles. The molecule has 0 heterocycles. The summed E-state index contributed by atoms with van der Waals surface area (Å²) >= 11 is 0. The van der Waals surface area contributed by atoms with Gasteiger partial charge in [0.25, 0.3) is 0 Å². The highest BCUT2D eigenvalue weighted by Crippen LogP contribution is 2.72. The standard InChI is InChI=1S/C26H44O4/c1-5-26-14-17(27)10-13-25(26,4)20-11-12-24(3)18(16(2)6-9-22(29)30)7-8-19(24)23(20)21(28)15-26/h16-21,23,27-28H,5-15H2,1-4H3,(H,29,30)/t16-,17-,18-,19+,20+,21-,23+,24-,25-,26-/m1/s1. The fourth-order valence-corrected chi connectivity index (χ4v) is 9.64. The Hall–Kier alpha value is -0.610. The van der Waals surface area contributed by atoms with Crippen molar-refractivity contribution in [2.24, 2.45) is 45.8 Å². The first kappa shape index (κ1) is 22.6. The van der Waals surface area contributed by atoms with Crippen LogP contribution in [0.15, 0.2) is 0 Å². The number of carboxylic acid groups (broad SMARTS) is 1. The summed E-state index contributed by atoms with van der Waals surface area (Å²) in [5.74, 6) is 1.82. The highest BCUT2D eigenvalue weighted by atomic mass is 16.4. The van der Waals surface area contributed by atoms with Crippen molar-refractivity contribution >= 4 is 5.97 Å². The van der Waals surface area contributed by atoms with Crippen LogP contribution in [0.25, 0.3) is 0 Å². The van der Waals surface area contributed by atoms with Crippen LogP contribution in [0, 0.1) is 45.8 Å². The smallest absolute Gasteiger partial charge is 0.303 e. The van der Waals surface area contributed by atoms with Gasteiger partial charge in [0, 0.05) is 6.42 Å². The maximum absolute atomic E-state index is 11.5. The summed E-state index contributed by atoms with van der Waals surface area (Å²) in [5, 5.41) is 31.2. The number of hydrogen-bond acceptors (Lipinski definition) is 3. The van der Waals surface area contributed by atoms with E-state index in [0.717, 1.165) is 38.5 Å². The van der Waals surface area contributed by atoms with E-state index in [-0.39, 0.29) is 34.9 Å². The molecule has 0 aliphatic heterocycles. The Kier molecular flexibility index (Phi) is 5.84. The average Bonchev–Trinajstić information content (AvgIpc) is 3.04. The molecule has 4 rings (SSSR count). The van der Waals surface area contributed by atoms with Crippen LogP contribution in [0.1, 0.15) is 98.3 Å². The van der Waals surface area contributed by atoms with Crippen LogP contribution in [0.5, 0.6) is 0 Å². The van der Waals surface area contributed by atoms with Crippen LogP contribution >= 0.6 is 0 Å². The topological polar surface area (TPSA) is 77.8 Å². The van der Waals surface area contributed by atoms with Gasteiger partial charge in [-0.3, -0.25) is 4.79 Å². The summed E-state index contributed by atoms with van der Waals surface area (Å²) in [6.07, 6.45) is 10.1.